The van der Waals surface area contributed by atoms with Gasteiger partial charge in [0.25, 0.3) is 5.91 Å². The van der Waals surface area contributed by atoms with Crippen LogP contribution in [-0.4, -0.2) is 28.7 Å². The van der Waals surface area contributed by atoms with Crippen LogP contribution in [0.2, 0.25) is 5.02 Å². The molecule has 0 spiro atoms. The lowest BCUT2D eigenvalue weighted by atomic mass is 10.1. The van der Waals surface area contributed by atoms with Crippen molar-refractivity contribution < 1.29 is 14.3 Å². The monoisotopic (exact) mass is 357 g/mol. The molecule has 1 amide bonds. The van der Waals surface area contributed by atoms with Crippen LogP contribution in [0.5, 0.6) is 0 Å². The number of aromatic amines is 1. The number of carbonyl (C=O) groups is 2. The summed E-state index contributed by atoms with van der Waals surface area (Å²) in [7, 11) is 0. The molecule has 1 heterocycles. The Balaban J connectivity index is 1.56. The molecule has 0 saturated carbocycles. The van der Waals surface area contributed by atoms with Crippen LogP contribution in [-0.2, 0) is 9.53 Å². The van der Waals surface area contributed by atoms with E-state index in [1.165, 1.54) is 0 Å². The first kappa shape index (κ1) is 17.0. The van der Waals surface area contributed by atoms with E-state index in [4.69, 9.17) is 16.3 Å². The Hall–Kier alpha value is -2.86. The normalized spacial score (nSPS) is 11.9. The Morgan fingerprint density at radius 1 is 1.20 bits per heavy atom. The minimum absolute atomic E-state index is 0.161. The van der Waals surface area contributed by atoms with E-state index in [2.05, 4.69) is 15.5 Å². The molecule has 0 aliphatic heterocycles. The number of aromatic nitrogens is 2. The molecule has 0 bridgehead atoms. The molecule has 0 aliphatic carbocycles. The van der Waals surface area contributed by atoms with Crippen LogP contribution in [0.25, 0.3) is 10.9 Å². The number of nitrogens with zero attached hydrogens (tertiary/aromatic N) is 1. The van der Waals surface area contributed by atoms with Crippen molar-refractivity contribution in [2.24, 2.45) is 0 Å². The number of esters is 1. The molecule has 128 valence electrons. The third-order valence-corrected chi connectivity index (χ3v) is 4.00. The van der Waals surface area contributed by atoms with Crippen LogP contribution >= 0.6 is 11.6 Å². The van der Waals surface area contributed by atoms with Crippen molar-refractivity contribution in [2.75, 3.05) is 6.61 Å². The number of H-pyrrole nitrogens is 1. The quantitative estimate of drug-likeness (QED) is 0.686. The summed E-state index contributed by atoms with van der Waals surface area (Å²) in [5.41, 5.74) is 1.80. The van der Waals surface area contributed by atoms with Crippen molar-refractivity contribution >= 4 is 34.4 Å². The Labute approximate surface area is 149 Å². The Morgan fingerprint density at radius 3 is 2.68 bits per heavy atom. The molecule has 3 aromatic rings. The first-order valence-corrected chi connectivity index (χ1v) is 8.07. The number of ether oxygens (including phenoxy) is 1. The highest BCUT2D eigenvalue weighted by molar-refractivity contribution is 6.30. The van der Waals surface area contributed by atoms with Gasteiger partial charge in [0, 0.05) is 10.4 Å². The van der Waals surface area contributed by atoms with Crippen molar-refractivity contribution in [1.82, 2.24) is 15.5 Å². The second kappa shape index (κ2) is 7.36. The molecule has 7 heteroatoms. The number of nitrogens with one attached hydrogen (secondary N) is 2. The third-order valence-electron chi connectivity index (χ3n) is 3.75. The molecule has 2 N–H and O–H groups in total. The standard InChI is InChI=1S/C18H16ClN3O3/c1-11(12-6-8-13(19)9-7-12)20-16(23)10-25-18(24)17-14-4-2-3-5-15(14)21-22-17/h2-9,11H,10H2,1H3,(H,20,23)(H,21,22)/t11-/m0/s1. The van der Waals surface area contributed by atoms with Gasteiger partial charge in [0.1, 0.15) is 0 Å². The third kappa shape index (κ3) is 3.97. The van der Waals surface area contributed by atoms with Crippen molar-refractivity contribution in [3.8, 4) is 0 Å². The van der Waals surface area contributed by atoms with Gasteiger partial charge in [0.2, 0.25) is 0 Å². The van der Waals surface area contributed by atoms with Crippen molar-refractivity contribution in [3.63, 3.8) is 0 Å². The molecule has 1 aromatic heterocycles. The first-order chi connectivity index (χ1) is 12.0. The van der Waals surface area contributed by atoms with Crippen LogP contribution in [0.3, 0.4) is 0 Å². The fraction of sp³-hybridized carbons (Fsp3) is 0.167. The molecule has 0 radical (unpaired) electrons. The van der Waals surface area contributed by atoms with E-state index in [-0.39, 0.29) is 18.3 Å². The number of amides is 1. The van der Waals surface area contributed by atoms with E-state index in [1.807, 2.05) is 25.1 Å². The SMILES string of the molecule is C[C@H](NC(=O)COC(=O)c1n[nH]c2ccccc12)c1ccc(Cl)cc1. The highest BCUT2D eigenvalue weighted by Crippen LogP contribution is 2.17. The fourth-order valence-corrected chi connectivity index (χ4v) is 2.56. The highest BCUT2D eigenvalue weighted by Gasteiger charge is 2.17. The van der Waals surface area contributed by atoms with Crippen molar-refractivity contribution in [2.45, 2.75) is 13.0 Å². The van der Waals surface area contributed by atoms with E-state index in [0.29, 0.717) is 10.4 Å². The smallest absolute Gasteiger partial charge is 0.359 e. The molecule has 3 rings (SSSR count). The summed E-state index contributed by atoms with van der Waals surface area (Å²) in [6.07, 6.45) is 0. The van der Waals surface area contributed by atoms with Crippen LogP contribution in [0.4, 0.5) is 0 Å². The number of rotatable bonds is 5. The largest absolute Gasteiger partial charge is 0.451 e. The van der Waals surface area contributed by atoms with Gasteiger partial charge < -0.3 is 10.1 Å². The highest BCUT2D eigenvalue weighted by atomic mass is 35.5. The Kier molecular flexibility index (Phi) is 5.00. The number of carbonyl (C=O) groups excluding carboxylic acids is 2. The summed E-state index contributed by atoms with van der Waals surface area (Å²) < 4.78 is 5.06. The molecular formula is C18H16ClN3O3. The fourth-order valence-electron chi connectivity index (χ4n) is 2.44. The number of hydrogen-bond acceptors (Lipinski definition) is 4. The predicted molar refractivity (Wildman–Crippen MR) is 94.4 cm³/mol. The van der Waals surface area contributed by atoms with Crippen LogP contribution in [0.1, 0.15) is 29.0 Å². The van der Waals surface area contributed by atoms with E-state index >= 15 is 0 Å². The van der Waals surface area contributed by atoms with E-state index in [1.54, 1.807) is 30.3 Å². The van der Waals surface area contributed by atoms with Gasteiger partial charge in [-0.3, -0.25) is 9.89 Å². The maximum atomic E-state index is 12.1. The lowest BCUT2D eigenvalue weighted by Gasteiger charge is -2.14. The number of fused-ring (bicyclic) bond motifs is 1. The average molecular weight is 358 g/mol. The maximum absolute atomic E-state index is 12.1. The number of benzene rings is 2. The van der Waals surface area contributed by atoms with Crippen LogP contribution in [0, 0.1) is 0 Å². The van der Waals surface area contributed by atoms with Gasteiger partial charge in [0.15, 0.2) is 12.3 Å². The zero-order chi connectivity index (χ0) is 17.8. The van der Waals surface area contributed by atoms with Gasteiger partial charge in [-0.25, -0.2) is 4.79 Å². The zero-order valence-electron chi connectivity index (χ0n) is 13.5. The summed E-state index contributed by atoms with van der Waals surface area (Å²) in [5.74, 6) is -1.04. The summed E-state index contributed by atoms with van der Waals surface area (Å²) in [4.78, 5) is 24.1. The van der Waals surface area contributed by atoms with Gasteiger partial charge in [-0.05, 0) is 30.7 Å². The predicted octanol–water partition coefficient (Wildman–Crippen LogP) is 3.25. The number of hydrogen-bond donors (Lipinski definition) is 2. The second-order valence-corrected chi connectivity index (χ2v) is 5.97. The number of halogens is 1. The van der Waals surface area contributed by atoms with Crippen LogP contribution < -0.4 is 5.32 Å². The topological polar surface area (TPSA) is 84.1 Å². The summed E-state index contributed by atoms with van der Waals surface area (Å²) in [6, 6.07) is 14.1. The molecule has 0 aliphatic rings. The summed E-state index contributed by atoms with van der Waals surface area (Å²) in [5, 5.41) is 10.7. The average Bonchev–Trinajstić information content (AvgIpc) is 3.04. The van der Waals surface area contributed by atoms with E-state index in [9.17, 15) is 9.59 Å². The van der Waals surface area contributed by atoms with Gasteiger partial charge in [-0.2, -0.15) is 5.10 Å². The van der Waals surface area contributed by atoms with Crippen LogP contribution in [0.15, 0.2) is 48.5 Å². The van der Waals surface area contributed by atoms with Gasteiger partial charge >= 0.3 is 5.97 Å². The first-order valence-electron chi connectivity index (χ1n) is 7.69. The van der Waals surface area contributed by atoms with Gasteiger partial charge in [-0.15, -0.1) is 0 Å². The maximum Gasteiger partial charge on any atom is 0.359 e. The lowest BCUT2D eigenvalue weighted by Crippen LogP contribution is -2.31. The van der Waals surface area contributed by atoms with Gasteiger partial charge in [-0.1, -0.05) is 41.9 Å². The molecule has 1 atom stereocenters. The Morgan fingerprint density at radius 2 is 1.92 bits per heavy atom. The van der Waals surface area contributed by atoms with E-state index < -0.39 is 11.9 Å². The summed E-state index contributed by atoms with van der Waals surface area (Å²) in [6.45, 7) is 1.46. The molecule has 2 aromatic carbocycles. The molecule has 0 fully saturated rings. The molecule has 25 heavy (non-hydrogen) atoms. The van der Waals surface area contributed by atoms with Gasteiger partial charge in [0.05, 0.1) is 11.6 Å². The zero-order valence-corrected chi connectivity index (χ0v) is 14.2. The minimum Gasteiger partial charge on any atom is -0.451 e. The minimum atomic E-state index is -0.647. The lowest BCUT2D eigenvalue weighted by molar-refractivity contribution is -0.124. The molecule has 0 unspecified atom stereocenters. The Bertz CT molecular complexity index is 905. The number of para-hydroxylation sites is 1. The van der Waals surface area contributed by atoms with Crippen molar-refractivity contribution in [1.29, 1.82) is 0 Å². The molecule has 6 nitrogen and oxygen atoms in total. The molecule has 0 saturated heterocycles. The second-order valence-electron chi connectivity index (χ2n) is 5.53. The van der Waals surface area contributed by atoms with E-state index in [0.717, 1.165) is 11.1 Å². The summed E-state index contributed by atoms with van der Waals surface area (Å²) >= 11 is 5.84. The van der Waals surface area contributed by atoms with Crippen molar-refractivity contribution in [3.05, 3.63) is 64.8 Å². The molecular weight excluding hydrogens is 342 g/mol.